The monoisotopic (exact) mass is 412 g/mol. The van der Waals surface area contributed by atoms with Gasteiger partial charge in [0, 0.05) is 36.6 Å². The standard InChI is InChI=1S/C21H25ClN6O/c1-13-18(27(2)12-23-13)20-24-19(25-26-20)14-6-5-9-17(11-14)28(3)21(29)15-7-4-8-16(22)10-15/h4,7-8,10,12,14,17H,5-6,9,11H2,1-3H3,(H,24,25,26). The molecule has 1 aliphatic carbocycles. The highest BCUT2D eigenvalue weighted by Crippen LogP contribution is 2.34. The van der Waals surface area contributed by atoms with Crippen molar-refractivity contribution >= 4 is 17.5 Å². The Bertz CT molecular complexity index is 1010. The van der Waals surface area contributed by atoms with E-state index in [-0.39, 0.29) is 17.9 Å². The van der Waals surface area contributed by atoms with Crippen LogP contribution in [0.5, 0.6) is 0 Å². The number of nitrogens with zero attached hydrogens (tertiary/aromatic N) is 5. The summed E-state index contributed by atoms with van der Waals surface area (Å²) in [4.78, 5) is 23.8. The van der Waals surface area contributed by atoms with Crippen molar-refractivity contribution in [2.75, 3.05) is 7.05 Å². The molecule has 7 nitrogen and oxygen atoms in total. The van der Waals surface area contributed by atoms with Gasteiger partial charge in [0.2, 0.25) is 0 Å². The van der Waals surface area contributed by atoms with E-state index in [1.54, 1.807) is 18.5 Å². The number of carbonyl (C=O) groups excluding carboxylic acids is 1. The predicted molar refractivity (Wildman–Crippen MR) is 112 cm³/mol. The van der Waals surface area contributed by atoms with Gasteiger partial charge >= 0.3 is 0 Å². The van der Waals surface area contributed by atoms with Crippen molar-refractivity contribution in [3.8, 4) is 11.5 Å². The minimum Gasteiger partial charge on any atom is -0.339 e. The molecule has 1 saturated carbocycles. The van der Waals surface area contributed by atoms with Crippen LogP contribution in [0.2, 0.25) is 5.02 Å². The summed E-state index contributed by atoms with van der Waals surface area (Å²) < 4.78 is 1.93. The number of aromatic amines is 1. The van der Waals surface area contributed by atoms with Crippen LogP contribution in [0.1, 0.15) is 53.5 Å². The first-order valence-electron chi connectivity index (χ1n) is 9.87. The summed E-state index contributed by atoms with van der Waals surface area (Å²) in [5.41, 5.74) is 2.45. The van der Waals surface area contributed by atoms with Gasteiger partial charge in [-0.15, -0.1) is 0 Å². The average Bonchev–Trinajstić information content (AvgIpc) is 3.33. The molecule has 1 aliphatic rings. The lowest BCUT2D eigenvalue weighted by molar-refractivity contribution is 0.0684. The zero-order chi connectivity index (χ0) is 20.5. The SMILES string of the molecule is Cc1ncn(C)c1-c1n[nH]c(C2CCCC(N(C)C(=O)c3cccc(Cl)c3)C2)n1. The second-order valence-corrected chi connectivity index (χ2v) is 8.21. The smallest absolute Gasteiger partial charge is 0.253 e. The highest BCUT2D eigenvalue weighted by molar-refractivity contribution is 6.30. The van der Waals surface area contributed by atoms with Crippen LogP contribution in [-0.4, -0.2) is 48.6 Å². The Kier molecular flexibility index (Phi) is 5.41. The van der Waals surface area contributed by atoms with Crippen molar-refractivity contribution in [2.24, 2.45) is 7.05 Å². The van der Waals surface area contributed by atoms with E-state index in [9.17, 15) is 4.79 Å². The third kappa shape index (κ3) is 3.92. The molecule has 0 saturated heterocycles. The van der Waals surface area contributed by atoms with Crippen molar-refractivity contribution in [2.45, 2.75) is 44.6 Å². The van der Waals surface area contributed by atoms with Crippen molar-refractivity contribution in [3.63, 3.8) is 0 Å². The van der Waals surface area contributed by atoms with E-state index in [0.29, 0.717) is 16.4 Å². The number of nitrogens with one attached hydrogen (secondary N) is 1. The largest absolute Gasteiger partial charge is 0.339 e. The molecule has 0 spiro atoms. The Balaban J connectivity index is 1.49. The molecule has 2 aromatic heterocycles. The summed E-state index contributed by atoms with van der Waals surface area (Å²) in [7, 11) is 3.82. The molecule has 1 fully saturated rings. The van der Waals surface area contributed by atoms with Gasteiger partial charge < -0.3 is 9.47 Å². The molecule has 1 amide bonds. The van der Waals surface area contributed by atoms with Gasteiger partial charge in [-0.3, -0.25) is 9.89 Å². The minimum absolute atomic E-state index is 0.00178. The van der Waals surface area contributed by atoms with E-state index >= 15 is 0 Å². The fourth-order valence-electron chi connectivity index (χ4n) is 4.18. The summed E-state index contributed by atoms with van der Waals surface area (Å²) >= 11 is 6.05. The number of imidazole rings is 1. The fraction of sp³-hybridized carbons (Fsp3) is 0.429. The van der Waals surface area contributed by atoms with E-state index in [1.807, 2.05) is 42.6 Å². The average molecular weight is 413 g/mol. The van der Waals surface area contributed by atoms with Gasteiger partial charge in [0.25, 0.3) is 5.91 Å². The first-order chi connectivity index (χ1) is 13.9. The number of aromatic nitrogens is 5. The van der Waals surface area contributed by atoms with E-state index in [2.05, 4.69) is 15.2 Å². The van der Waals surface area contributed by atoms with Crippen LogP contribution < -0.4 is 0 Å². The van der Waals surface area contributed by atoms with Crippen LogP contribution in [-0.2, 0) is 7.05 Å². The molecule has 152 valence electrons. The molecule has 0 radical (unpaired) electrons. The Morgan fingerprint density at radius 2 is 2.17 bits per heavy atom. The maximum absolute atomic E-state index is 12.9. The predicted octanol–water partition coefficient (Wildman–Crippen LogP) is 3.97. The van der Waals surface area contributed by atoms with E-state index in [1.165, 1.54) is 0 Å². The fourth-order valence-corrected chi connectivity index (χ4v) is 4.38. The van der Waals surface area contributed by atoms with Gasteiger partial charge in [-0.25, -0.2) is 9.97 Å². The number of amides is 1. The maximum atomic E-state index is 12.9. The Labute approximate surface area is 175 Å². The molecule has 3 aromatic rings. The summed E-state index contributed by atoms with van der Waals surface area (Å²) in [5, 5.41) is 8.12. The van der Waals surface area contributed by atoms with Crippen LogP contribution in [0.25, 0.3) is 11.5 Å². The van der Waals surface area contributed by atoms with Crippen LogP contribution >= 0.6 is 11.6 Å². The van der Waals surface area contributed by atoms with Gasteiger partial charge in [-0.2, -0.15) is 5.10 Å². The van der Waals surface area contributed by atoms with E-state index in [4.69, 9.17) is 16.6 Å². The van der Waals surface area contributed by atoms with E-state index < -0.39 is 0 Å². The molecular weight excluding hydrogens is 388 g/mol. The lowest BCUT2D eigenvalue weighted by Crippen LogP contribution is -2.40. The number of hydrogen-bond donors (Lipinski definition) is 1. The summed E-state index contributed by atoms with van der Waals surface area (Å²) in [6.45, 7) is 1.96. The molecule has 0 bridgehead atoms. The van der Waals surface area contributed by atoms with Crippen LogP contribution in [0.15, 0.2) is 30.6 Å². The zero-order valence-corrected chi connectivity index (χ0v) is 17.6. The number of rotatable bonds is 4. The van der Waals surface area contributed by atoms with Gasteiger partial charge in [-0.1, -0.05) is 24.1 Å². The van der Waals surface area contributed by atoms with Crippen molar-refractivity contribution in [3.05, 3.63) is 52.7 Å². The minimum atomic E-state index is 0.00178. The molecule has 4 rings (SSSR count). The molecule has 1 N–H and O–H groups in total. The molecule has 29 heavy (non-hydrogen) atoms. The first kappa shape index (κ1) is 19.6. The number of benzene rings is 1. The lowest BCUT2D eigenvalue weighted by Gasteiger charge is -2.34. The molecule has 1 aromatic carbocycles. The van der Waals surface area contributed by atoms with Crippen LogP contribution in [0.4, 0.5) is 0 Å². The highest BCUT2D eigenvalue weighted by Gasteiger charge is 2.30. The Morgan fingerprint density at radius 1 is 1.34 bits per heavy atom. The highest BCUT2D eigenvalue weighted by atomic mass is 35.5. The number of halogens is 1. The van der Waals surface area contributed by atoms with Gasteiger partial charge in [0.15, 0.2) is 5.82 Å². The summed E-state index contributed by atoms with van der Waals surface area (Å²) in [5.74, 6) is 1.80. The number of carbonyl (C=O) groups is 1. The molecule has 2 heterocycles. The number of aryl methyl sites for hydroxylation is 2. The second-order valence-electron chi connectivity index (χ2n) is 7.78. The number of H-pyrrole nitrogens is 1. The van der Waals surface area contributed by atoms with Crippen LogP contribution in [0.3, 0.4) is 0 Å². The third-order valence-electron chi connectivity index (χ3n) is 5.81. The topological polar surface area (TPSA) is 79.7 Å². The lowest BCUT2D eigenvalue weighted by atomic mass is 9.84. The van der Waals surface area contributed by atoms with Gasteiger partial charge in [0.05, 0.1) is 12.0 Å². The van der Waals surface area contributed by atoms with Gasteiger partial charge in [-0.05, 0) is 44.4 Å². The molecule has 8 heteroatoms. The second kappa shape index (κ2) is 7.99. The zero-order valence-electron chi connectivity index (χ0n) is 16.9. The first-order valence-corrected chi connectivity index (χ1v) is 10.2. The van der Waals surface area contributed by atoms with Crippen LogP contribution in [0, 0.1) is 6.92 Å². The molecule has 0 aliphatic heterocycles. The van der Waals surface area contributed by atoms with E-state index in [0.717, 1.165) is 42.9 Å². The quantitative estimate of drug-likeness (QED) is 0.703. The molecular formula is C21H25ClN6O. The van der Waals surface area contributed by atoms with Crippen molar-refractivity contribution < 1.29 is 4.79 Å². The number of hydrogen-bond acceptors (Lipinski definition) is 4. The summed E-state index contributed by atoms with van der Waals surface area (Å²) in [6, 6.07) is 7.28. The molecule has 2 unspecified atom stereocenters. The third-order valence-corrected chi connectivity index (χ3v) is 6.04. The Hall–Kier alpha value is -2.67. The van der Waals surface area contributed by atoms with Crippen molar-refractivity contribution in [1.82, 2.24) is 29.6 Å². The van der Waals surface area contributed by atoms with Crippen molar-refractivity contribution in [1.29, 1.82) is 0 Å². The summed E-state index contributed by atoms with van der Waals surface area (Å²) in [6.07, 6.45) is 5.70. The normalized spacial score (nSPS) is 19.3. The molecule has 2 atom stereocenters. The Morgan fingerprint density at radius 3 is 2.90 bits per heavy atom. The van der Waals surface area contributed by atoms with Gasteiger partial charge in [0.1, 0.15) is 11.5 Å². The maximum Gasteiger partial charge on any atom is 0.253 e.